The van der Waals surface area contributed by atoms with E-state index in [1.807, 2.05) is 30.3 Å². The molecule has 0 bridgehead atoms. The van der Waals surface area contributed by atoms with E-state index in [-0.39, 0.29) is 6.04 Å². The van der Waals surface area contributed by atoms with Crippen molar-refractivity contribution < 1.29 is 4.79 Å². The van der Waals surface area contributed by atoms with Crippen LogP contribution in [0.3, 0.4) is 0 Å². The second kappa shape index (κ2) is 5.75. The summed E-state index contributed by atoms with van der Waals surface area (Å²) in [7, 11) is 0. The highest BCUT2D eigenvalue weighted by Crippen LogP contribution is 2.19. The molecule has 2 aromatic heterocycles. The molecule has 23 heavy (non-hydrogen) atoms. The normalized spacial score (nSPS) is 15.9. The van der Waals surface area contributed by atoms with Gasteiger partial charge in [0.25, 0.3) is 0 Å². The molecular formula is C16H16N6O. The molecule has 1 aliphatic rings. The Labute approximate surface area is 132 Å². The van der Waals surface area contributed by atoms with Crippen LogP contribution in [0, 0.1) is 0 Å². The molecule has 7 heteroatoms. The van der Waals surface area contributed by atoms with E-state index in [2.05, 4.69) is 25.6 Å². The number of hydrogen-bond acceptors (Lipinski definition) is 6. The van der Waals surface area contributed by atoms with Crippen molar-refractivity contribution in [2.45, 2.75) is 31.7 Å². The Balaban J connectivity index is 1.63. The van der Waals surface area contributed by atoms with E-state index in [0.717, 1.165) is 18.5 Å². The molecule has 116 valence electrons. The summed E-state index contributed by atoms with van der Waals surface area (Å²) in [6, 6.07) is 10.00. The molecule has 1 aliphatic carbocycles. The van der Waals surface area contributed by atoms with Crippen LogP contribution in [0.5, 0.6) is 0 Å². The highest BCUT2D eigenvalue weighted by atomic mass is 16.1. The second-order valence-corrected chi connectivity index (χ2v) is 5.70. The van der Waals surface area contributed by atoms with E-state index in [1.54, 1.807) is 10.9 Å². The zero-order valence-corrected chi connectivity index (χ0v) is 12.5. The highest BCUT2D eigenvalue weighted by Gasteiger charge is 2.19. The Bertz CT molecular complexity index is 834. The number of benzene rings is 1. The molecule has 1 fully saturated rings. The fourth-order valence-corrected chi connectivity index (χ4v) is 2.81. The van der Waals surface area contributed by atoms with Gasteiger partial charge >= 0.3 is 0 Å². The minimum atomic E-state index is 0.242. The van der Waals surface area contributed by atoms with Crippen molar-refractivity contribution in [3.05, 3.63) is 36.5 Å². The molecule has 0 unspecified atom stereocenters. The summed E-state index contributed by atoms with van der Waals surface area (Å²) in [6.07, 6.45) is 4.59. The number of rotatable bonds is 3. The Kier molecular flexibility index (Phi) is 3.45. The average Bonchev–Trinajstić information content (AvgIpc) is 3.01. The molecule has 0 saturated heterocycles. The number of Topliss-reactive ketones (excluding diaryl/α,β-unsaturated/α-hetero) is 1. The molecule has 1 aromatic carbocycles. The third kappa shape index (κ3) is 2.77. The molecule has 2 heterocycles. The molecule has 1 saturated carbocycles. The standard InChI is InChI=1S/C16H16N6O/c23-13-8-6-11(7-9-13)18-16-17-10-14-15(19-16)22(21-20-14)12-4-2-1-3-5-12/h1-5,10-11H,6-9H2,(H,17,18,19). The number of aromatic nitrogens is 5. The summed E-state index contributed by atoms with van der Waals surface area (Å²) >= 11 is 0. The summed E-state index contributed by atoms with van der Waals surface area (Å²) in [5.41, 5.74) is 2.22. The van der Waals surface area contributed by atoms with Crippen LogP contribution in [0.25, 0.3) is 16.9 Å². The van der Waals surface area contributed by atoms with E-state index in [0.29, 0.717) is 35.7 Å². The van der Waals surface area contributed by atoms with Crippen LogP contribution in [0.15, 0.2) is 36.5 Å². The van der Waals surface area contributed by atoms with Crippen molar-refractivity contribution in [3.63, 3.8) is 0 Å². The Morgan fingerprint density at radius 1 is 1.13 bits per heavy atom. The van der Waals surface area contributed by atoms with Gasteiger partial charge < -0.3 is 5.32 Å². The zero-order valence-electron chi connectivity index (χ0n) is 12.5. The maximum atomic E-state index is 11.3. The number of nitrogens with one attached hydrogen (secondary N) is 1. The first-order chi connectivity index (χ1) is 11.3. The van der Waals surface area contributed by atoms with Gasteiger partial charge in [0.1, 0.15) is 5.78 Å². The maximum Gasteiger partial charge on any atom is 0.225 e. The van der Waals surface area contributed by atoms with Gasteiger partial charge in [-0.25, -0.2) is 4.98 Å². The van der Waals surface area contributed by atoms with Crippen LogP contribution in [-0.4, -0.2) is 36.8 Å². The SMILES string of the molecule is O=C1CCC(Nc2ncc3nnn(-c4ccccc4)c3n2)CC1. The molecule has 0 amide bonds. The van der Waals surface area contributed by atoms with Crippen molar-refractivity contribution in [1.29, 1.82) is 0 Å². The summed E-state index contributed by atoms with van der Waals surface area (Å²) < 4.78 is 1.70. The van der Waals surface area contributed by atoms with E-state index in [9.17, 15) is 4.79 Å². The van der Waals surface area contributed by atoms with Gasteiger partial charge in [0.05, 0.1) is 11.9 Å². The predicted octanol–water partition coefficient (Wildman–Crippen LogP) is 2.13. The molecule has 0 radical (unpaired) electrons. The van der Waals surface area contributed by atoms with Crippen LogP contribution >= 0.6 is 0 Å². The molecule has 4 rings (SSSR count). The lowest BCUT2D eigenvalue weighted by atomic mass is 9.94. The summed E-state index contributed by atoms with van der Waals surface area (Å²) in [6.45, 7) is 0. The van der Waals surface area contributed by atoms with Crippen molar-refractivity contribution >= 4 is 22.9 Å². The maximum absolute atomic E-state index is 11.3. The van der Waals surface area contributed by atoms with E-state index in [4.69, 9.17) is 0 Å². The fourth-order valence-electron chi connectivity index (χ4n) is 2.81. The topological polar surface area (TPSA) is 85.6 Å². The minimum Gasteiger partial charge on any atom is -0.351 e. The van der Waals surface area contributed by atoms with E-state index in [1.165, 1.54) is 0 Å². The van der Waals surface area contributed by atoms with Gasteiger partial charge in [-0.1, -0.05) is 23.4 Å². The van der Waals surface area contributed by atoms with E-state index >= 15 is 0 Å². The van der Waals surface area contributed by atoms with Crippen molar-refractivity contribution in [2.75, 3.05) is 5.32 Å². The molecule has 0 spiro atoms. The Morgan fingerprint density at radius 2 is 1.91 bits per heavy atom. The molecule has 3 aromatic rings. The number of para-hydroxylation sites is 1. The lowest BCUT2D eigenvalue weighted by Crippen LogP contribution is -2.26. The van der Waals surface area contributed by atoms with Gasteiger partial charge in [0, 0.05) is 18.9 Å². The smallest absolute Gasteiger partial charge is 0.225 e. The van der Waals surface area contributed by atoms with Crippen LogP contribution in [0.4, 0.5) is 5.95 Å². The summed E-state index contributed by atoms with van der Waals surface area (Å²) in [5, 5.41) is 11.6. The summed E-state index contributed by atoms with van der Waals surface area (Å²) in [4.78, 5) is 20.2. The first-order valence-electron chi connectivity index (χ1n) is 7.72. The predicted molar refractivity (Wildman–Crippen MR) is 85.3 cm³/mol. The molecule has 0 atom stereocenters. The quantitative estimate of drug-likeness (QED) is 0.798. The molecule has 0 aliphatic heterocycles. The molecule has 1 N–H and O–H groups in total. The number of carbonyl (C=O) groups excluding carboxylic acids is 1. The van der Waals surface area contributed by atoms with Crippen molar-refractivity contribution in [2.24, 2.45) is 0 Å². The van der Waals surface area contributed by atoms with E-state index < -0.39 is 0 Å². The van der Waals surface area contributed by atoms with Crippen molar-refractivity contribution in [1.82, 2.24) is 25.0 Å². The fraction of sp³-hybridized carbons (Fsp3) is 0.312. The molecular weight excluding hydrogens is 292 g/mol. The van der Waals surface area contributed by atoms with Crippen LogP contribution < -0.4 is 5.32 Å². The number of nitrogens with zero attached hydrogens (tertiary/aromatic N) is 5. The average molecular weight is 308 g/mol. The van der Waals surface area contributed by atoms with Crippen LogP contribution in [0.1, 0.15) is 25.7 Å². The number of hydrogen-bond donors (Lipinski definition) is 1. The number of carbonyl (C=O) groups is 1. The highest BCUT2D eigenvalue weighted by molar-refractivity contribution is 5.79. The third-order valence-corrected chi connectivity index (χ3v) is 4.07. The Hall–Kier alpha value is -2.83. The van der Waals surface area contributed by atoms with Crippen molar-refractivity contribution in [3.8, 4) is 5.69 Å². The van der Waals surface area contributed by atoms with Gasteiger partial charge in [-0.2, -0.15) is 9.67 Å². The van der Waals surface area contributed by atoms with Crippen LogP contribution in [0.2, 0.25) is 0 Å². The van der Waals surface area contributed by atoms with Gasteiger partial charge in [0.15, 0.2) is 11.2 Å². The first kappa shape index (κ1) is 13.8. The lowest BCUT2D eigenvalue weighted by molar-refractivity contribution is -0.120. The van der Waals surface area contributed by atoms with Gasteiger partial charge in [-0.15, -0.1) is 5.10 Å². The number of ketones is 1. The zero-order chi connectivity index (χ0) is 15.6. The monoisotopic (exact) mass is 308 g/mol. The minimum absolute atomic E-state index is 0.242. The third-order valence-electron chi connectivity index (χ3n) is 4.07. The first-order valence-corrected chi connectivity index (χ1v) is 7.72. The Morgan fingerprint density at radius 3 is 2.70 bits per heavy atom. The van der Waals surface area contributed by atoms with Gasteiger partial charge in [-0.05, 0) is 25.0 Å². The molecule has 7 nitrogen and oxygen atoms in total. The van der Waals surface area contributed by atoms with Gasteiger partial charge in [-0.3, -0.25) is 4.79 Å². The number of fused-ring (bicyclic) bond motifs is 1. The van der Waals surface area contributed by atoms with Crippen LogP contribution in [-0.2, 0) is 4.79 Å². The number of anilines is 1. The van der Waals surface area contributed by atoms with Gasteiger partial charge in [0.2, 0.25) is 5.95 Å². The second-order valence-electron chi connectivity index (χ2n) is 5.70. The summed E-state index contributed by atoms with van der Waals surface area (Å²) in [5.74, 6) is 0.891. The largest absolute Gasteiger partial charge is 0.351 e. The lowest BCUT2D eigenvalue weighted by Gasteiger charge is -2.21.